The van der Waals surface area contributed by atoms with Crippen LogP contribution in [-0.2, 0) is 6.18 Å². The minimum atomic E-state index is -5.05. The Labute approximate surface area is 92.0 Å². The second-order valence-electron chi connectivity index (χ2n) is 3.16. The number of rotatable bonds is 2. The maximum absolute atomic E-state index is 13.1. The number of carbonyl (C=O) groups is 1. The average molecular weight is 251 g/mol. The summed E-state index contributed by atoms with van der Waals surface area (Å²) in [5.74, 6) is -2.60. The van der Waals surface area contributed by atoms with Gasteiger partial charge in [0.15, 0.2) is 5.78 Å². The van der Waals surface area contributed by atoms with E-state index < -0.39 is 39.5 Å². The van der Waals surface area contributed by atoms with Gasteiger partial charge in [-0.2, -0.15) is 13.2 Å². The van der Waals surface area contributed by atoms with Crippen molar-refractivity contribution < 1.29 is 27.3 Å². The standard InChI is InChI=1S/C9H5F4NO3/c1-4(15)5-2-7(10)6(9(11,12)13)3-8(5)14(16)17/h2-3H,1H3. The Kier molecular flexibility index (Phi) is 3.16. The van der Waals surface area contributed by atoms with Crippen LogP contribution in [0, 0.1) is 15.9 Å². The van der Waals surface area contributed by atoms with Gasteiger partial charge in [-0.15, -0.1) is 0 Å². The quantitative estimate of drug-likeness (QED) is 0.351. The molecule has 0 radical (unpaired) electrons. The molecule has 0 aliphatic rings. The number of benzene rings is 1. The molecule has 17 heavy (non-hydrogen) atoms. The molecule has 0 fully saturated rings. The van der Waals surface area contributed by atoms with E-state index in [0.29, 0.717) is 0 Å². The molecule has 1 aromatic carbocycles. The van der Waals surface area contributed by atoms with Crippen LogP contribution in [0.5, 0.6) is 0 Å². The summed E-state index contributed by atoms with van der Waals surface area (Å²) in [6, 6.07) is 0.245. The van der Waals surface area contributed by atoms with E-state index in [1.165, 1.54) is 0 Å². The van der Waals surface area contributed by atoms with Crippen LogP contribution in [0.1, 0.15) is 22.8 Å². The molecule has 8 heteroatoms. The molecule has 0 atom stereocenters. The summed E-state index contributed by atoms with van der Waals surface area (Å²) < 4.78 is 49.9. The summed E-state index contributed by atoms with van der Waals surface area (Å²) in [5, 5.41) is 10.5. The monoisotopic (exact) mass is 251 g/mol. The topological polar surface area (TPSA) is 60.2 Å². The summed E-state index contributed by atoms with van der Waals surface area (Å²) in [7, 11) is 0. The smallest absolute Gasteiger partial charge is 0.294 e. The minimum Gasteiger partial charge on any atom is -0.294 e. The second-order valence-corrected chi connectivity index (χ2v) is 3.16. The molecule has 0 saturated heterocycles. The molecule has 0 aliphatic heterocycles. The first-order chi connectivity index (χ1) is 7.64. The highest BCUT2D eigenvalue weighted by Crippen LogP contribution is 2.35. The molecule has 0 amide bonds. The van der Waals surface area contributed by atoms with Crippen molar-refractivity contribution in [3.63, 3.8) is 0 Å². The van der Waals surface area contributed by atoms with E-state index >= 15 is 0 Å². The first-order valence-corrected chi connectivity index (χ1v) is 4.20. The number of hydrogen-bond acceptors (Lipinski definition) is 3. The maximum atomic E-state index is 13.1. The fraction of sp³-hybridized carbons (Fsp3) is 0.222. The molecule has 0 bridgehead atoms. The molecule has 1 rings (SSSR count). The first-order valence-electron chi connectivity index (χ1n) is 4.20. The van der Waals surface area contributed by atoms with E-state index in [1.54, 1.807) is 0 Å². The van der Waals surface area contributed by atoms with Crippen molar-refractivity contribution in [1.82, 2.24) is 0 Å². The van der Waals surface area contributed by atoms with Crippen molar-refractivity contribution >= 4 is 11.5 Å². The highest BCUT2D eigenvalue weighted by molar-refractivity contribution is 5.98. The fourth-order valence-corrected chi connectivity index (χ4v) is 1.21. The second kappa shape index (κ2) is 4.11. The van der Waals surface area contributed by atoms with Gasteiger partial charge in [-0.3, -0.25) is 14.9 Å². The van der Waals surface area contributed by atoms with Gasteiger partial charge in [0.2, 0.25) is 0 Å². The third kappa shape index (κ3) is 2.58. The molecule has 92 valence electrons. The van der Waals surface area contributed by atoms with Crippen LogP contribution in [-0.4, -0.2) is 10.7 Å². The summed E-state index contributed by atoms with van der Waals surface area (Å²) >= 11 is 0. The summed E-state index contributed by atoms with van der Waals surface area (Å²) in [4.78, 5) is 20.3. The Morgan fingerprint density at radius 3 is 2.24 bits per heavy atom. The van der Waals surface area contributed by atoms with Crippen LogP contribution >= 0.6 is 0 Å². The molecule has 0 aromatic heterocycles. The number of ketones is 1. The first kappa shape index (κ1) is 13.1. The largest absolute Gasteiger partial charge is 0.419 e. The maximum Gasteiger partial charge on any atom is 0.419 e. The van der Waals surface area contributed by atoms with Crippen molar-refractivity contribution in [1.29, 1.82) is 0 Å². The lowest BCUT2D eigenvalue weighted by Gasteiger charge is -2.09. The predicted molar refractivity (Wildman–Crippen MR) is 48.1 cm³/mol. The molecular weight excluding hydrogens is 246 g/mol. The predicted octanol–water partition coefficient (Wildman–Crippen LogP) is 2.96. The molecule has 0 heterocycles. The van der Waals surface area contributed by atoms with E-state index in [2.05, 4.69) is 0 Å². The van der Waals surface area contributed by atoms with Crippen molar-refractivity contribution in [2.24, 2.45) is 0 Å². The van der Waals surface area contributed by atoms with Crippen molar-refractivity contribution in [3.05, 3.63) is 39.2 Å². The number of Topliss-reactive ketones (excluding diaryl/α,β-unsaturated/α-hetero) is 1. The Hall–Kier alpha value is -1.99. The summed E-state index contributed by atoms with van der Waals surface area (Å²) in [5.41, 5.74) is -3.53. The van der Waals surface area contributed by atoms with Crippen LogP contribution in [0.15, 0.2) is 12.1 Å². The normalized spacial score (nSPS) is 11.4. The number of nitrogens with zero attached hydrogens (tertiary/aromatic N) is 1. The molecule has 1 aromatic rings. The van der Waals surface area contributed by atoms with E-state index in [4.69, 9.17) is 0 Å². The van der Waals surface area contributed by atoms with Crippen molar-refractivity contribution in [2.45, 2.75) is 13.1 Å². The van der Waals surface area contributed by atoms with Crippen LogP contribution in [0.25, 0.3) is 0 Å². The van der Waals surface area contributed by atoms with Crippen LogP contribution in [0.4, 0.5) is 23.2 Å². The van der Waals surface area contributed by atoms with Crippen LogP contribution in [0.2, 0.25) is 0 Å². The highest BCUT2D eigenvalue weighted by Gasteiger charge is 2.37. The number of carbonyl (C=O) groups excluding carboxylic acids is 1. The SMILES string of the molecule is CC(=O)c1cc(F)c(C(F)(F)F)cc1[N+](=O)[O-]. The Balaban J connectivity index is 3.57. The van der Waals surface area contributed by atoms with E-state index in [0.717, 1.165) is 6.92 Å². The molecule has 0 saturated carbocycles. The lowest BCUT2D eigenvalue weighted by Crippen LogP contribution is -2.11. The Bertz CT molecular complexity index is 496. The molecule has 0 spiro atoms. The number of nitro benzene ring substituents is 1. The minimum absolute atomic E-state index is 0.0199. The van der Waals surface area contributed by atoms with E-state index in [-0.39, 0.29) is 12.1 Å². The lowest BCUT2D eigenvalue weighted by atomic mass is 10.1. The van der Waals surface area contributed by atoms with Gasteiger partial charge in [0, 0.05) is 6.07 Å². The van der Waals surface area contributed by atoms with Gasteiger partial charge in [0.05, 0.1) is 16.1 Å². The summed E-state index contributed by atoms with van der Waals surface area (Å²) in [6.45, 7) is 0.898. The molecule has 0 aliphatic carbocycles. The zero-order chi connectivity index (χ0) is 13.4. The van der Waals surface area contributed by atoms with Gasteiger partial charge in [-0.05, 0) is 13.0 Å². The lowest BCUT2D eigenvalue weighted by molar-refractivity contribution is -0.385. The fourth-order valence-electron chi connectivity index (χ4n) is 1.21. The molecule has 4 nitrogen and oxygen atoms in total. The van der Waals surface area contributed by atoms with Gasteiger partial charge >= 0.3 is 6.18 Å². The van der Waals surface area contributed by atoms with Crippen LogP contribution in [0.3, 0.4) is 0 Å². The zero-order valence-electron chi connectivity index (χ0n) is 8.34. The Morgan fingerprint density at radius 1 is 1.35 bits per heavy atom. The van der Waals surface area contributed by atoms with Crippen LogP contribution < -0.4 is 0 Å². The number of hydrogen-bond donors (Lipinski definition) is 0. The van der Waals surface area contributed by atoms with Crippen molar-refractivity contribution in [3.8, 4) is 0 Å². The third-order valence-electron chi connectivity index (χ3n) is 1.97. The highest BCUT2D eigenvalue weighted by atomic mass is 19.4. The summed E-state index contributed by atoms with van der Waals surface area (Å²) in [6.07, 6.45) is -5.05. The van der Waals surface area contributed by atoms with Gasteiger partial charge in [0.25, 0.3) is 5.69 Å². The van der Waals surface area contributed by atoms with Gasteiger partial charge in [0.1, 0.15) is 5.82 Å². The molecular formula is C9H5F4NO3. The van der Waals surface area contributed by atoms with Gasteiger partial charge < -0.3 is 0 Å². The van der Waals surface area contributed by atoms with Gasteiger partial charge in [-0.1, -0.05) is 0 Å². The average Bonchev–Trinajstić information content (AvgIpc) is 2.14. The molecule has 0 N–H and O–H groups in total. The Morgan fingerprint density at radius 2 is 1.88 bits per heavy atom. The number of alkyl halides is 3. The number of halogens is 4. The number of nitro groups is 1. The van der Waals surface area contributed by atoms with Crippen molar-refractivity contribution in [2.75, 3.05) is 0 Å². The third-order valence-corrected chi connectivity index (χ3v) is 1.97. The zero-order valence-corrected chi connectivity index (χ0v) is 8.34. The van der Waals surface area contributed by atoms with E-state index in [9.17, 15) is 32.5 Å². The van der Waals surface area contributed by atoms with Gasteiger partial charge in [-0.25, -0.2) is 4.39 Å². The van der Waals surface area contributed by atoms with E-state index in [1.807, 2.05) is 0 Å². The molecule has 0 unspecified atom stereocenters.